The Bertz CT molecular complexity index is 1210. The summed E-state index contributed by atoms with van der Waals surface area (Å²) in [7, 11) is 0. The second-order valence-electron chi connectivity index (χ2n) is 7.29. The number of halogens is 1. The smallest absolute Gasteiger partial charge is 0.234 e. The average Bonchev–Trinajstić information content (AvgIpc) is 3.26. The van der Waals surface area contributed by atoms with Crippen molar-refractivity contribution in [2.24, 2.45) is 0 Å². The molecule has 0 saturated heterocycles. The molecule has 0 fully saturated rings. The summed E-state index contributed by atoms with van der Waals surface area (Å²) in [4.78, 5) is 23.1. The van der Waals surface area contributed by atoms with Gasteiger partial charge in [-0.25, -0.2) is 9.37 Å². The molecule has 162 valence electrons. The maximum Gasteiger partial charge on any atom is 0.234 e. The van der Waals surface area contributed by atoms with E-state index in [9.17, 15) is 4.39 Å². The van der Waals surface area contributed by atoms with E-state index >= 15 is 0 Å². The predicted octanol–water partition coefficient (Wildman–Crippen LogP) is 5.51. The lowest BCUT2D eigenvalue weighted by atomic mass is 10.2. The maximum atomic E-state index is 13.5. The molecule has 0 bridgehead atoms. The summed E-state index contributed by atoms with van der Waals surface area (Å²) in [5.74, 6) is 1.31. The summed E-state index contributed by atoms with van der Waals surface area (Å²) in [6, 6.07) is 10.2. The Morgan fingerprint density at radius 2 is 1.91 bits per heavy atom. The minimum absolute atomic E-state index is 0.297. The summed E-state index contributed by atoms with van der Waals surface area (Å²) in [6.07, 6.45) is 8.83. The van der Waals surface area contributed by atoms with Crippen molar-refractivity contribution in [3.05, 3.63) is 82.6 Å². The molecular weight excluding hydrogens is 425 g/mol. The van der Waals surface area contributed by atoms with Crippen LogP contribution in [0.15, 0.2) is 55.0 Å². The van der Waals surface area contributed by atoms with Gasteiger partial charge in [0, 0.05) is 30.0 Å². The van der Waals surface area contributed by atoms with Gasteiger partial charge in [0.25, 0.3) is 0 Å². The molecule has 0 radical (unpaired) electrons. The Hall–Kier alpha value is -3.72. The van der Waals surface area contributed by atoms with Gasteiger partial charge in [-0.3, -0.25) is 10.3 Å². The fourth-order valence-electron chi connectivity index (χ4n) is 2.77. The van der Waals surface area contributed by atoms with E-state index in [1.807, 2.05) is 24.4 Å². The standard InChI is InChI=1S/C23H22FN7S/c1-15(2)19-14-27-23(32-19)31-22-29-20(9-8-16-5-3-7-18(24)11-16)28-21(30-22)26-13-17-6-4-10-25-12-17/h3-12,14-15H,13H2,1-2H3,(H2,26,27,28,29,30,31)/b9-8+. The molecule has 2 N–H and O–H groups in total. The second-order valence-corrected chi connectivity index (χ2v) is 8.35. The number of aromatic nitrogens is 5. The molecule has 0 aliphatic rings. The molecule has 0 aliphatic carbocycles. The van der Waals surface area contributed by atoms with E-state index in [0.717, 1.165) is 5.56 Å². The highest BCUT2D eigenvalue weighted by Gasteiger charge is 2.10. The molecule has 7 nitrogen and oxygen atoms in total. The van der Waals surface area contributed by atoms with Gasteiger partial charge in [0.1, 0.15) is 5.82 Å². The van der Waals surface area contributed by atoms with Gasteiger partial charge in [0.15, 0.2) is 11.0 Å². The van der Waals surface area contributed by atoms with Gasteiger partial charge in [-0.05, 0) is 41.3 Å². The third kappa shape index (κ3) is 5.92. The highest BCUT2D eigenvalue weighted by molar-refractivity contribution is 7.15. The summed E-state index contributed by atoms with van der Waals surface area (Å²) in [5.41, 5.74) is 1.71. The third-order valence-corrected chi connectivity index (χ3v) is 5.62. The Labute approximate surface area is 189 Å². The van der Waals surface area contributed by atoms with Gasteiger partial charge >= 0.3 is 0 Å². The summed E-state index contributed by atoms with van der Waals surface area (Å²) in [6.45, 7) is 4.76. The number of anilines is 3. The number of hydrogen-bond donors (Lipinski definition) is 2. The largest absolute Gasteiger partial charge is 0.350 e. The van der Waals surface area contributed by atoms with E-state index in [4.69, 9.17) is 0 Å². The number of nitrogens with one attached hydrogen (secondary N) is 2. The molecule has 1 aromatic carbocycles. The minimum Gasteiger partial charge on any atom is -0.350 e. The van der Waals surface area contributed by atoms with Crippen molar-refractivity contribution in [2.45, 2.75) is 26.3 Å². The van der Waals surface area contributed by atoms with Crippen LogP contribution in [0.4, 0.5) is 21.4 Å². The molecule has 0 spiro atoms. The first-order valence-corrected chi connectivity index (χ1v) is 10.9. The Morgan fingerprint density at radius 1 is 1.03 bits per heavy atom. The number of benzene rings is 1. The molecule has 4 aromatic rings. The molecule has 9 heteroatoms. The van der Waals surface area contributed by atoms with Crippen LogP contribution in [0.25, 0.3) is 12.2 Å². The van der Waals surface area contributed by atoms with E-state index < -0.39 is 0 Å². The van der Waals surface area contributed by atoms with Gasteiger partial charge < -0.3 is 5.32 Å². The van der Waals surface area contributed by atoms with Crippen LogP contribution in [0.5, 0.6) is 0 Å². The van der Waals surface area contributed by atoms with Crippen molar-refractivity contribution in [1.82, 2.24) is 24.9 Å². The van der Waals surface area contributed by atoms with Crippen molar-refractivity contribution in [3.8, 4) is 0 Å². The molecule has 4 rings (SSSR count). The van der Waals surface area contributed by atoms with Gasteiger partial charge in [0.2, 0.25) is 11.9 Å². The molecule has 3 heterocycles. The zero-order valence-corrected chi connectivity index (χ0v) is 18.5. The van der Waals surface area contributed by atoms with E-state index in [2.05, 4.69) is 49.4 Å². The Kier molecular flexibility index (Phi) is 6.76. The molecule has 3 aromatic heterocycles. The molecule has 0 amide bonds. The lowest BCUT2D eigenvalue weighted by Gasteiger charge is -2.08. The zero-order chi connectivity index (χ0) is 22.3. The first-order chi connectivity index (χ1) is 15.5. The molecular formula is C23H22FN7S. The van der Waals surface area contributed by atoms with Gasteiger partial charge in [-0.2, -0.15) is 15.0 Å². The number of pyridine rings is 1. The topological polar surface area (TPSA) is 88.5 Å². The zero-order valence-electron chi connectivity index (χ0n) is 17.7. The number of nitrogens with zero attached hydrogens (tertiary/aromatic N) is 5. The summed E-state index contributed by atoms with van der Waals surface area (Å²) >= 11 is 1.56. The maximum absolute atomic E-state index is 13.5. The van der Waals surface area contributed by atoms with Crippen LogP contribution in [0.1, 0.15) is 41.6 Å². The molecule has 0 atom stereocenters. The highest BCUT2D eigenvalue weighted by Crippen LogP contribution is 2.27. The van der Waals surface area contributed by atoms with Crippen LogP contribution in [-0.4, -0.2) is 24.9 Å². The van der Waals surface area contributed by atoms with Crippen molar-refractivity contribution in [3.63, 3.8) is 0 Å². The first kappa shape index (κ1) is 21.5. The van der Waals surface area contributed by atoms with Crippen LogP contribution in [0.3, 0.4) is 0 Å². The van der Waals surface area contributed by atoms with Gasteiger partial charge in [-0.1, -0.05) is 38.1 Å². The molecule has 32 heavy (non-hydrogen) atoms. The highest BCUT2D eigenvalue weighted by atomic mass is 32.1. The molecule has 0 unspecified atom stereocenters. The fraction of sp³-hybridized carbons (Fsp3) is 0.174. The molecule has 0 aliphatic heterocycles. The van der Waals surface area contributed by atoms with E-state index in [0.29, 0.717) is 40.9 Å². The van der Waals surface area contributed by atoms with Crippen molar-refractivity contribution >= 4 is 40.5 Å². The van der Waals surface area contributed by atoms with E-state index in [1.54, 1.807) is 41.9 Å². The SMILES string of the molecule is CC(C)c1cnc(Nc2nc(/C=C/c3cccc(F)c3)nc(NCc3cccnc3)n2)s1. The van der Waals surface area contributed by atoms with Crippen molar-refractivity contribution in [1.29, 1.82) is 0 Å². The predicted molar refractivity (Wildman–Crippen MR) is 126 cm³/mol. The van der Waals surface area contributed by atoms with Crippen LogP contribution < -0.4 is 10.6 Å². The quantitative estimate of drug-likeness (QED) is 0.368. The summed E-state index contributed by atoms with van der Waals surface area (Å²) in [5, 5.41) is 7.08. The lowest BCUT2D eigenvalue weighted by Crippen LogP contribution is -2.08. The van der Waals surface area contributed by atoms with Crippen molar-refractivity contribution in [2.75, 3.05) is 10.6 Å². The van der Waals surface area contributed by atoms with Crippen LogP contribution in [0, 0.1) is 5.82 Å². The van der Waals surface area contributed by atoms with Gasteiger partial charge in [0.05, 0.1) is 0 Å². The van der Waals surface area contributed by atoms with Crippen LogP contribution in [-0.2, 0) is 6.54 Å². The minimum atomic E-state index is -0.297. The second kappa shape index (κ2) is 10.1. The normalized spacial score (nSPS) is 11.2. The van der Waals surface area contributed by atoms with E-state index in [1.165, 1.54) is 17.0 Å². The van der Waals surface area contributed by atoms with Crippen molar-refractivity contribution < 1.29 is 4.39 Å². The summed E-state index contributed by atoms with van der Waals surface area (Å²) < 4.78 is 13.5. The lowest BCUT2D eigenvalue weighted by molar-refractivity contribution is 0.627. The Morgan fingerprint density at radius 3 is 2.66 bits per heavy atom. The van der Waals surface area contributed by atoms with Crippen LogP contribution >= 0.6 is 11.3 Å². The molecule has 0 saturated carbocycles. The third-order valence-electron chi connectivity index (χ3n) is 4.41. The number of hydrogen-bond acceptors (Lipinski definition) is 8. The first-order valence-electron chi connectivity index (χ1n) is 10.1. The average molecular weight is 448 g/mol. The van der Waals surface area contributed by atoms with E-state index in [-0.39, 0.29) is 5.82 Å². The van der Waals surface area contributed by atoms with Gasteiger partial charge in [-0.15, -0.1) is 11.3 Å². The monoisotopic (exact) mass is 447 g/mol. The number of thiazole rings is 1. The fourth-order valence-corrected chi connectivity index (χ4v) is 3.59. The Balaban J connectivity index is 1.59. The number of rotatable bonds is 8. The van der Waals surface area contributed by atoms with Crippen LogP contribution in [0.2, 0.25) is 0 Å².